The number of aryl methyl sites for hydroxylation is 1. The van der Waals surface area contributed by atoms with Crippen LogP contribution in [0.25, 0.3) is 10.2 Å². The number of thiazole rings is 1. The fourth-order valence-electron chi connectivity index (χ4n) is 3.91. The molecule has 4 aromatic rings. The molecule has 0 radical (unpaired) electrons. The van der Waals surface area contributed by atoms with Crippen molar-refractivity contribution in [2.24, 2.45) is 20.5 Å². The lowest BCUT2D eigenvalue weighted by Gasteiger charge is -2.33. The molecule has 0 amide bonds. The van der Waals surface area contributed by atoms with Crippen LogP contribution in [0.2, 0.25) is 0 Å². The molecule has 0 spiro atoms. The Morgan fingerprint density at radius 1 is 0.733 bits per heavy atom. The van der Waals surface area contributed by atoms with Crippen LogP contribution in [0.1, 0.15) is 19.4 Å². The molecule has 45 heavy (non-hydrogen) atoms. The predicted octanol–water partition coefficient (Wildman–Crippen LogP) is 11.8. The summed E-state index contributed by atoms with van der Waals surface area (Å²) in [5.41, 5.74) is 3.90. The molecule has 0 saturated carbocycles. The van der Waals surface area contributed by atoms with Gasteiger partial charge in [-0.1, -0.05) is 11.3 Å². The minimum absolute atomic E-state index is 0.0419. The summed E-state index contributed by atoms with van der Waals surface area (Å²) in [4.78, 5) is 5.64. The number of alkyl halides is 9. The van der Waals surface area contributed by atoms with Gasteiger partial charge in [0.1, 0.15) is 0 Å². The maximum absolute atomic E-state index is 14.0. The number of azo groups is 2. The third kappa shape index (κ3) is 7.24. The molecule has 6 nitrogen and oxygen atoms in total. The van der Waals surface area contributed by atoms with Crippen molar-refractivity contribution < 1.29 is 39.5 Å². The Balaban J connectivity index is 1.44. The normalized spacial score (nSPS) is 13.4. The van der Waals surface area contributed by atoms with E-state index in [1.807, 2.05) is 25.1 Å². The Morgan fingerprint density at radius 2 is 1.33 bits per heavy atom. The van der Waals surface area contributed by atoms with Crippen molar-refractivity contribution in [2.75, 3.05) is 18.0 Å². The van der Waals surface area contributed by atoms with E-state index in [9.17, 15) is 39.5 Å². The van der Waals surface area contributed by atoms with Gasteiger partial charge < -0.3 is 4.90 Å². The number of halogens is 9. The molecule has 0 atom stereocenters. The third-order valence-electron chi connectivity index (χ3n) is 6.39. The smallest absolute Gasteiger partial charge is 0.372 e. The lowest BCUT2D eigenvalue weighted by molar-refractivity contribution is -0.381. The zero-order chi connectivity index (χ0) is 33.2. The summed E-state index contributed by atoms with van der Waals surface area (Å²) >= 11 is -0.311. The van der Waals surface area contributed by atoms with Crippen LogP contribution in [0.4, 0.5) is 67.4 Å². The minimum atomic E-state index is -6.96. The molecule has 240 valence electrons. The molecule has 1 aromatic heterocycles. The number of hydrogen-bond donors (Lipinski definition) is 0. The van der Waals surface area contributed by atoms with Crippen molar-refractivity contribution in [3.05, 3.63) is 66.2 Å². The molecule has 0 unspecified atom stereocenters. The van der Waals surface area contributed by atoms with Gasteiger partial charge in [-0.25, -0.2) is 4.98 Å². The summed E-state index contributed by atoms with van der Waals surface area (Å²) in [6.45, 7) is 7.87. The van der Waals surface area contributed by atoms with Crippen molar-refractivity contribution in [3.63, 3.8) is 0 Å². The lowest BCUT2D eigenvalue weighted by atomic mass is 10.1. The zero-order valence-electron chi connectivity index (χ0n) is 23.6. The van der Waals surface area contributed by atoms with Crippen molar-refractivity contribution in [3.8, 4) is 0 Å². The van der Waals surface area contributed by atoms with E-state index in [0.717, 1.165) is 53.9 Å². The molecule has 0 aliphatic carbocycles. The number of nitrogens with zero attached hydrogens (tertiary/aromatic N) is 6. The second-order valence-electron chi connectivity index (χ2n) is 9.45. The standard InChI is InChI=1S/C28H23F9N6S2/c1-4-43(5-2)19-10-12-21(16(3)14-19)41-39-17-6-8-18(9-7-17)40-42-24-38-22-13-11-20(15-23(22)44-24)45-28(36,37)26(31,32)25(29,30)27(33,34)35/h6-15H,4-5H2,1-3H3. The summed E-state index contributed by atoms with van der Waals surface area (Å²) in [7, 11) is 0. The highest BCUT2D eigenvalue weighted by Crippen LogP contribution is 2.58. The van der Waals surface area contributed by atoms with Crippen molar-refractivity contribution >= 4 is 61.2 Å². The number of benzene rings is 3. The molecule has 0 fully saturated rings. The molecular weight excluding hydrogens is 655 g/mol. The molecule has 17 heteroatoms. The van der Waals surface area contributed by atoms with Gasteiger partial charge in [-0.3, -0.25) is 0 Å². The highest BCUT2D eigenvalue weighted by Gasteiger charge is 2.82. The Labute approximate surface area is 259 Å². The van der Waals surface area contributed by atoms with Crippen LogP contribution in [-0.4, -0.2) is 41.3 Å². The fourth-order valence-corrected chi connectivity index (χ4v) is 5.67. The predicted molar refractivity (Wildman–Crippen MR) is 156 cm³/mol. The highest BCUT2D eigenvalue weighted by atomic mass is 32.2. The first-order chi connectivity index (χ1) is 21.0. The molecule has 0 saturated heterocycles. The van der Waals surface area contributed by atoms with Gasteiger partial charge >= 0.3 is 23.3 Å². The number of anilines is 1. The molecule has 0 bridgehead atoms. The van der Waals surface area contributed by atoms with Crippen LogP contribution in [0.5, 0.6) is 0 Å². The Kier molecular flexibility index (Phi) is 9.82. The Morgan fingerprint density at radius 3 is 1.89 bits per heavy atom. The zero-order valence-corrected chi connectivity index (χ0v) is 25.2. The maximum Gasteiger partial charge on any atom is 0.460 e. The van der Waals surface area contributed by atoms with E-state index in [0.29, 0.717) is 17.1 Å². The summed E-state index contributed by atoms with van der Waals surface area (Å²) in [5.74, 6) is -13.7. The minimum Gasteiger partial charge on any atom is -0.372 e. The van der Waals surface area contributed by atoms with Crippen LogP contribution in [0, 0.1) is 6.92 Å². The Hall–Kier alpha value is -3.73. The number of thioether (sulfide) groups is 1. The van der Waals surface area contributed by atoms with Crippen molar-refractivity contribution in [1.29, 1.82) is 0 Å². The number of aromatic nitrogens is 1. The van der Waals surface area contributed by atoms with Crippen LogP contribution >= 0.6 is 23.1 Å². The summed E-state index contributed by atoms with van der Waals surface area (Å²) < 4.78 is 119. The summed E-state index contributed by atoms with van der Waals surface area (Å²) in [5, 5.41) is 10.8. The topological polar surface area (TPSA) is 65.6 Å². The molecule has 1 heterocycles. The average molecular weight is 679 g/mol. The molecule has 0 aliphatic rings. The van der Waals surface area contributed by atoms with Gasteiger partial charge in [-0.05, 0) is 98.8 Å². The fraction of sp³-hybridized carbons (Fsp3) is 0.321. The number of hydrogen-bond acceptors (Lipinski definition) is 8. The number of fused-ring (bicyclic) bond motifs is 1. The van der Waals surface area contributed by atoms with Gasteiger partial charge in [-0.15, -0.1) is 10.2 Å². The largest absolute Gasteiger partial charge is 0.460 e. The maximum atomic E-state index is 14.0. The first kappa shape index (κ1) is 34.1. The van der Waals surface area contributed by atoms with Crippen molar-refractivity contribution in [2.45, 2.75) is 48.9 Å². The van der Waals surface area contributed by atoms with E-state index in [1.54, 1.807) is 24.3 Å². The van der Waals surface area contributed by atoms with Gasteiger partial charge in [0.25, 0.3) is 0 Å². The van der Waals surface area contributed by atoms with E-state index in [2.05, 4.69) is 44.2 Å². The van der Waals surface area contributed by atoms with E-state index in [-0.39, 0.29) is 15.3 Å². The van der Waals surface area contributed by atoms with Gasteiger partial charge in [0.05, 0.1) is 27.3 Å². The second kappa shape index (κ2) is 12.9. The van der Waals surface area contributed by atoms with Gasteiger partial charge in [0, 0.05) is 23.7 Å². The second-order valence-corrected chi connectivity index (χ2v) is 11.6. The van der Waals surface area contributed by atoms with E-state index >= 15 is 0 Å². The number of rotatable bonds is 11. The first-order valence-electron chi connectivity index (χ1n) is 13.1. The first-order valence-corrected chi connectivity index (χ1v) is 14.7. The monoisotopic (exact) mass is 678 g/mol. The van der Waals surface area contributed by atoms with Gasteiger partial charge in [0.15, 0.2) is 0 Å². The average Bonchev–Trinajstić information content (AvgIpc) is 3.38. The van der Waals surface area contributed by atoms with E-state index in [1.165, 1.54) is 0 Å². The van der Waals surface area contributed by atoms with Crippen LogP contribution < -0.4 is 4.90 Å². The molecular formula is C28H23F9N6S2. The van der Waals surface area contributed by atoms with Crippen molar-refractivity contribution in [1.82, 2.24) is 4.98 Å². The SMILES string of the molecule is CCN(CC)c1ccc(N=Nc2ccc(N=Nc3nc4ccc(SC(F)(F)C(F)(F)C(F)(F)C(F)(F)F)cc4s3)cc2)c(C)c1. The molecule has 0 N–H and O–H groups in total. The van der Waals surface area contributed by atoms with Gasteiger partial charge in [0.2, 0.25) is 5.13 Å². The molecule has 3 aromatic carbocycles. The summed E-state index contributed by atoms with van der Waals surface area (Å²) in [6.07, 6.45) is -6.89. The highest BCUT2D eigenvalue weighted by molar-refractivity contribution is 8.00. The van der Waals surface area contributed by atoms with E-state index < -0.39 is 39.9 Å². The van der Waals surface area contributed by atoms with Crippen LogP contribution in [0.3, 0.4) is 0 Å². The van der Waals surface area contributed by atoms with Crippen LogP contribution in [0.15, 0.2) is 86.0 Å². The van der Waals surface area contributed by atoms with Gasteiger partial charge in [-0.2, -0.15) is 49.7 Å². The van der Waals surface area contributed by atoms with E-state index in [4.69, 9.17) is 0 Å². The Bertz CT molecular complexity index is 1700. The van der Waals surface area contributed by atoms with Crippen LogP contribution in [-0.2, 0) is 0 Å². The molecule has 4 rings (SSSR count). The molecule has 0 aliphatic heterocycles. The third-order valence-corrected chi connectivity index (χ3v) is 8.30. The quantitative estimate of drug-likeness (QED) is 0.0901. The summed E-state index contributed by atoms with van der Waals surface area (Å²) in [6, 6.07) is 15.3. The lowest BCUT2D eigenvalue weighted by Crippen LogP contribution is -2.59.